The lowest BCUT2D eigenvalue weighted by atomic mass is 9.95. The molecule has 1 aliphatic heterocycles. The highest BCUT2D eigenvalue weighted by atomic mass is 16.5. The minimum absolute atomic E-state index is 0.556. The molecule has 16 heavy (non-hydrogen) atoms. The second kappa shape index (κ2) is 5.32. The second-order valence-corrected chi connectivity index (χ2v) is 4.22. The van der Waals surface area contributed by atoms with Crippen LogP contribution in [0.25, 0.3) is 0 Å². The van der Waals surface area contributed by atoms with Crippen LogP contribution in [0.3, 0.4) is 0 Å². The van der Waals surface area contributed by atoms with Gasteiger partial charge >= 0.3 is 0 Å². The topological polar surface area (TPSA) is 33.3 Å². The maximum absolute atomic E-state index is 5.23. The van der Waals surface area contributed by atoms with Gasteiger partial charge in [-0.15, -0.1) is 0 Å². The summed E-state index contributed by atoms with van der Waals surface area (Å²) in [6.45, 7) is 5.17. The van der Waals surface area contributed by atoms with Crippen molar-refractivity contribution in [3.63, 3.8) is 0 Å². The molecule has 0 spiro atoms. The van der Waals surface area contributed by atoms with Crippen molar-refractivity contribution in [2.45, 2.75) is 25.9 Å². The van der Waals surface area contributed by atoms with Crippen LogP contribution in [0.1, 0.15) is 18.1 Å². The smallest absolute Gasteiger partial charge is 0.119 e. The third kappa shape index (κ3) is 2.54. The maximum atomic E-state index is 5.23. The largest absolute Gasteiger partial charge is 0.497 e. The van der Waals surface area contributed by atoms with E-state index in [1.54, 1.807) is 7.11 Å². The van der Waals surface area contributed by atoms with Gasteiger partial charge in [0, 0.05) is 19.1 Å². The van der Waals surface area contributed by atoms with E-state index >= 15 is 0 Å². The molecule has 0 aliphatic carbocycles. The van der Waals surface area contributed by atoms with E-state index in [9.17, 15) is 0 Å². The minimum atomic E-state index is 0.556. The summed E-state index contributed by atoms with van der Waals surface area (Å²) in [5, 5.41) is 6.93. The molecule has 0 amide bonds. The molecule has 0 bridgehead atoms. The number of benzene rings is 1. The summed E-state index contributed by atoms with van der Waals surface area (Å²) in [6.07, 6.45) is 1.10. The van der Waals surface area contributed by atoms with Crippen LogP contribution in [0, 0.1) is 0 Å². The van der Waals surface area contributed by atoms with Crippen LogP contribution in [0.5, 0.6) is 5.75 Å². The molecule has 1 heterocycles. The lowest BCUT2D eigenvalue weighted by molar-refractivity contribution is 0.410. The van der Waals surface area contributed by atoms with Crippen molar-refractivity contribution in [1.82, 2.24) is 10.6 Å². The van der Waals surface area contributed by atoms with Crippen molar-refractivity contribution in [2.75, 3.05) is 20.2 Å². The van der Waals surface area contributed by atoms with E-state index in [1.807, 2.05) is 0 Å². The van der Waals surface area contributed by atoms with Crippen LogP contribution in [0.15, 0.2) is 18.2 Å². The predicted octanol–water partition coefficient (Wildman–Crippen LogP) is 1.32. The zero-order valence-electron chi connectivity index (χ0n) is 10.0. The number of methoxy groups -OCH3 is 1. The van der Waals surface area contributed by atoms with Crippen LogP contribution in [0.4, 0.5) is 0 Å². The quantitative estimate of drug-likeness (QED) is 0.803. The number of hydrogen-bond donors (Lipinski definition) is 2. The Bertz CT molecular complexity index is 352. The van der Waals surface area contributed by atoms with Crippen molar-refractivity contribution < 1.29 is 4.74 Å². The first kappa shape index (κ1) is 11.4. The molecule has 2 rings (SSSR count). The Morgan fingerprint density at radius 2 is 2.31 bits per heavy atom. The zero-order valence-corrected chi connectivity index (χ0v) is 10.0. The van der Waals surface area contributed by atoms with Crippen molar-refractivity contribution in [3.05, 3.63) is 29.3 Å². The van der Waals surface area contributed by atoms with E-state index in [-0.39, 0.29) is 0 Å². The van der Waals surface area contributed by atoms with Gasteiger partial charge in [-0.2, -0.15) is 0 Å². The molecule has 0 saturated heterocycles. The molecule has 2 N–H and O–H groups in total. The van der Waals surface area contributed by atoms with Gasteiger partial charge in [0.15, 0.2) is 0 Å². The van der Waals surface area contributed by atoms with E-state index in [2.05, 4.69) is 35.8 Å². The van der Waals surface area contributed by atoms with Gasteiger partial charge in [0.25, 0.3) is 0 Å². The fourth-order valence-electron chi connectivity index (χ4n) is 2.15. The summed E-state index contributed by atoms with van der Waals surface area (Å²) >= 11 is 0. The number of nitrogens with one attached hydrogen (secondary N) is 2. The Labute approximate surface area is 97.2 Å². The van der Waals surface area contributed by atoms with Gasteiger partial charge < -0.3 is 15.4 Å². The van der Waals surface area contributed by atoms with Crippen molar-refractivity contribution >= 4 is 0 Å². The van der Waals surface area contributed by atoms with Crippen molar-refractivity contribution in [1.29, 1.82) is 0 Å². The van der Waals surface area contributed by atoms with Crippen molar-refractivity contribution in [3.8, 4) is 5.75 Å². The summed E-state index contributed by atoms with van der Waals surface area (Å²) in [5.74, 6) is 0.950. The molecule has 1 aliphatic rings. The molecule has 3 heteroatoms. The number of ether oxygens (including phenoxy) is 1. The Morgan fingerprint density at radius 3 is 3.06 bits per heavy atom. The van der Waals surface area contributed by atoms with Gasteiger partial charge in [-0.05, 0) is 36.2 Å². The second-order valence-electron chi connectivity index (χ2n) is 4.22. The fourth-order valence-corrected chi connectivity index (χ4v) is 2.15. The number of likely N-dealkylation sites (N-methyl/N-ethyl adjacent to an activating group) is 1. The summed E-state index contributed by atoms with van der Waals surface area (Å²) in [4.78, 5) is 0. The molecule has 0 saturated carbocycles. The molecule has 0 radical (unpaired) electrons. The SMILES string of the molecule is CCNCC1Cc2ccc(OC)cc2CN1. The average molecular weight is 220 g/mol. The number of hydrogen-bond acceptors (Lipinski definition) is 3. The monoisotopic (exact) mass is 220 g/mol. The molecular formula is C13H20N2O. The van der Waals surface area contributed by atoms with Gasteiger partial charge in [0.1, 0.15) is 5.75 Å². The van der Waals surface area contributed by atoms with Gasteiger partial charge in [-0.3, -0.25) is 0 Å². The Morgan fingerprint density at radius 1 is 1.44 bits per heavy atom. The lowest BCUT2D eigenvalue weighted by Gasteiger charge is -2.26. The highest BCUT2D eigenvalue weighted by Crippen LogP contribution is 2.21. The van der Waals surface area contributed by atoms with Crippen LogP contribution < -0.4 is 15.4 Å². The average Bonchev–Trinajstić information content (AvgIpc) is 2.35. The summed E-state index contributed by atoms with van der Waals surface area (Å²) < 4.78 is 5.23. The third-order valence-corrected chi connectivity index (χ3v) is 3.10. The molecule has 1 atom stereocenters. The third-order valence-electron chi connectivity index (χ3n) is 3.10. The van der Waals surface area contributed by atoms with Gasteiger partial charge in [-0.1, -0.05) is 13.0 Å². The van der Waals surface area contributed by atoms with Gasteiger partial charge in [0.05, 0.1) is 7.11 Å². The molecule has 1 aromatic rings. The van der Waals surface area contributed by atoms with Crippen LogP contribution >= 0.6 is 0 Å². The van der Waals surface area contributed by atoms with E-state index in [0.717, 1.165) is 31.8 Å². The lowest BCUT2D eigenvalue weighted by Crippen LogP contribution is -2.42. The predicted molar refractivity (Wildman–Crippen MR) is 65.9 cm³/mol. The van der Waals surface area contributed by atoms with E-state index in [0.29, 0.717) is 6.04 Å². The van der Waals surface area contributed by atoms with Crippen molar-refractivity contribution in [2.24, 2.45) is 0 Å². The highest BCUT2D eigenvalue weighted by Gasteiger charge is 2.17. The first-order valence-corrected chi connectivity index (χ1v) is 5.93. The zero-order chi connectivity index (χ0) is 11.4. The summed E-state index contributed by atoms with van der Waals surface area (Å²) in [6, 6.07) is 6.93. The Balaban J connectivity index is 2.04. The highest BCUT2D eigenvalue weighted by molar-refractivity contribution is 5.37. The molecule has 0 fully saturated rings. The van der Waals surface area contributed by atoms with Crippen LogP contribution in [-0.4, -0.2) is 26.2 Å². The number of rotatable bonds is 4. The van der Waals surface area contributed by atoms with Gasteiger partial charge in [0.2, 0.25) is 0 Å². The van der Waals surface area contributed by atoms with E-state index in [4.69, 9.17) is 4.74 Å². The Hall–Kier alpha value is -1.06. The molecular weight excluding hydrogens is 200 g/mol. The number of fused-ring (bicyclic) bond motifs is 1. The molecule has 1 aromatic carbocycles. The summed E-state index contributed by atoms with van der Waals surface area (Å²) in [5.41, 5.74) is 2.81. The molecule has 0 aromatic heterocycles. The van der Waals surface area contributed by atoms with Crippen LogP contribution in [-0.2, 0) is 13.0 Å². The summed E-state index contributed by atoms with van der Waals surface area (Å²) in [7, 11) is 1.71. The van der Waals surface area contributed by atoms with Gasteiger partial charge in [-0.25, -0.2) is 0 Å². The minimum Gasteiger partial charge on any atom is -0.497 e. The molecule has 3 nitrogen and oxygen atoms in total. The first-order chi connectivity index (χ1) is 7.83. The molecule has 88 valence electrons. The standard InChI is InChI=1S/C13H20N2O/c1-3-14-9-12-6-10-4-5-13(16-2)7-11(10)8-15-12/h4-5,7,12,14-15H,3,6,8-9H2,1-2H3. The van der Waals surface area contributed by atoms with E-state index in [1.165, 1.54) is 11.1 Å². The normalized spacial score (nSPS) is 19.2. The maximum Gasteiger partial charge on any atom is 0.119 e. The molecule has 1 unspecified atom stereocenters. The van der Waals surface area contributed by atoms with Crippen LogP contribution in [0.2, 0.25) is 0 Å². The van der Waals surface area contributed by atoms with E-state index < -0.39 is 0 Å². The first-order valence-electron chi connectivity index (χ1n) is 5.93. The Kier molecular flexibility index (Phi) is 3.80. The fraction of sp³-hybridized carbons (Fsp3) is 0.538.